The van der Waals surface area contributed by atoms with Crippen molar-refractivity contribution in [3.8, 4) is 5.75 Å². The van der Waals surface area contributed by atoms with Crippen molar-refractivity contribution in [3.63, 3.8) is 0 Å². The molecule has 3 nitrogen and oxygen atoms in total. The Morgan fingerprint density at radius 3 is 2.42 bits per heavy atom. The van der Waals surface area contributed by atoms with Crippen molar-refractivity contribution in [2.75, 3.05) is 4.90 Å². The maximum Gasteiger partial charge on any atom is 0.416 e. The lowest BCUT2D eigenvalue weighted by atomic mass is 9.92. The predicted molar refractivity (Wildman–Crippen MR) is 83.5 cm³/mol. The number of anilines is 1. The van der Waals surface area contributed by atoms with E-state index in [9.17, 15) is 23.1 Å². The minimum Gasteiger partial charge on any atom is -0.506 e. The van der Waals surface area contributed by atoms with Crippen LogP contribution in [0.25, 0.3) is 0 Å². The topological polar surface area (TPSA) is 40.5 Å². The minimum absolute atomic E-state index is 0.00551. The molecule has 2 aromatic rings. The fourth-order valence-electron chi connectivity index (χ4n) is 2.86. The number of phenolic OH excluding ortho intramolecular Hbond substituents is 1. The summed E-state index contributed by atoms with van der Waals surface area (Å²) in [6.07, 6.45) is -1.90. The molecular formula is C18H14F3NO2. The average molecular weight is 333 g/mol. The van der Waals surface area contributed by atoms with Gasteiger partial charge < -0.3 is 10.0 Å². The largest absolute Gasteiger partial charge is 0.506 e. The monoisotopic (exact) mass is 333 g/mol. The molecule has 124 valence electrons. The van der Waals surface area contributed by atoms with Crippen LogP contribution in [0.5, 0.6) is 5.75 Å². The molecule has 1 N–H and O–H groups in total. The van der Waals surface area contributed by atoms with Crippen LogP contribution in [0.15, 0.2) is 60.8 Å². The van der Waals surface area contributed by atoms with Crippen LogP contribution in [0, 0.1) is 0 Å². The second-order valence-corrected chi connectivity index (χ2v) is 5.48. The third-order valence-corrected chi connectivity index (χ3v) is 3.94. The molecular weight excluding hydrogens is 319 g/mol. The summed E-state index contributed by atoms with van der Waals surface area (Å²) in [6, 6.07) is 10.7. The van der Waals surface area contributed by atoms with E-state index in [-0.39, 0.29) is 23.5 Å². The van der Waals surface area contributed by atoms with Gasteiger partial charge in [-0.05, 0) is 29.8 Å². The fourth-order valence-corrected chi connectivity index (χ4v) is 2.86. The number of allylic oxidation sites excluding steroid dienone is 1. The van der Waals surface area contributed by atoms with Crippen molar-refractivity contribution in [2.45, 2.75) is 18.6 Å². The van der Waals surface area contributed by atoms with Crippen molar-refractivity contribution in [2.24, 2.45) is 0 Å². The highest BCUT2D eigenvalue weighted by Crippen LogP contribution is 2.42. The highest BCUT2D eigenvalue weighted by molar-refractivity contribution is 5.92. The Labute approximate surface area is 136 Å². The third-order valence-electron chi connectivity index (χ3n) is 3.94. The minimum atomic E-state index is -4.52. The number of hydrogen-bond acceptors (Lipinski definition) is 3. The molecule has 0 bridgehead atoms. The Balaban J connectivity index is 2.13. The van der Waals surface area contributed by atoms with Crippen LogP contribution in [0.3, 0.4) is 0 Å². The number of para-hydroxylation sites is 2. The normalized spacial score (nSPS) is 18.0. The first-order chi connectivity index (χ1) is 11.4. The molecule has 1 atom stereocenters. The number of halogens is 3. The summed E-state index contributed by atoms with van der Waals surface area (Å²) in [4.78, 5) is 13.3. The maximum absolute atomic E-state index is 13.3. The van der Waals surface area contributed by atoms with Crippen molar-refractivity contribution >= 4 is 11.5 Å². The molecule has 1 aliphatic heterocycles. The standard InChI is InChI=1S/C18H14F3NO2/c19-18(20,21)14-6-2-1-5-13(14)16-11-12(23)9-10-22(16)15-7-3-4-8-17(15)24/h1-10,16,24H,11H2. The zero-order chi connectivity index (χ0) is 17.3. The number of phenols is 1. The maximum atomic E-state index is 13.3. The van der Waals surface area contributed by atoms with Gasteiger partial charge in [0.25, 0.3) is 0 Å². The van der Waals surface area contributed by atoms with E-state index < -0.39 is 17.8 Å². The van der Waals surface area contributed by atoms with Crippen molar-refractivity contribution in [1.82, 2.24) is 0 Å². The van der Waals surface area contributed by atoms with Crippen LogP contribution >= 0.6 is 0 Å². The van der Waals surface area contributed by atoms with Crippen LogP contribution in [-0.2, 0) is 11.0 Å². The molecule has 3 rings (SSSR count). The quantitative estimate of drug-likeness (QED) is 0.883. The van der Waals surface area contributed by atoms with Crippen LogP contribution in [0.2, 0.25) is 0 Å². The van der Waals surface area contributed by atoms with E-state index in [0.29, 0.717) is 5.69 Å². The van der Waals surface area contributed by atoms with E-state index in [1.54, 1.807) is 18.2 Å². The lowest BCUT2D eigenvalue weighted by Gasteiger charge is -2.34. The smallest absolute Gasteiger partial charge is 0.416 e. The molecule has 0 radical (unpaired) electrons. The van der Waals surface area contributed by atoms with Gasteiger partial charge >= 0.3 is 6.18 Å². The number of nitrogens with zero attached hydrogens (tertiary/aromatic N) is 1. The van der Waals surface area contributed by atoms with E-state index in [1.807, 2.05) is 0 Å². The lowest BCUT2D eigenvalue weighted by Crippen LogP contribution is -2.30. The molecule has 0 amide bonds. The first kappa shape index (κ1) is 16.1. The van der Waals surface area contributed by atoms with E-state index in [4.69, 9.17) is 0 Å². The Bertz CT molecular complexity index is 799. The van der Waals surface area contributed by atoms with Crippen molar-refractivity contribution in [1.29, 1.82) is 0 Å². The molecule has 0 aliphatic carbocycles. The fraction of sp³-hybridized carbons (Fsp3) is 0.167. The van der Waals surface area contributed by atoms with Gasteiger partial charge in [-0.3, -0.25) is 4.79 Å². The third kappa shape index (κ3) is 2.99. The Hall–Kier alpha value is -2.76. The van der Waals surface area contributed by atoms with E-state index in [0.717, 1.165) is 6.07 Å². The van der Waals surface area contributed by atoms with Crippen LogP contribution in [0.4, 0.5) is 18.9 Å². The first-order valence-electron chi connectivity index (χ1n) is 7.31. The Kier molecular flexibility index (Phi) is 4.05. The Morgan fingerprint density at radius 1 is 1.04 bits per heavy atom. The summed E-state index contributed by atoms with van der Waals surface area (Å²) in [5, 5.41) is 10.0. The summed E-state index contributed by atoms with van der Waals surface area (Å²) in [7, 11) is 0. The van der Waals surface area contributed by atoms with Gasteiger partial charge in [-0.15, -0.1) is 0 Å². The van der Waals surface area contributed by atoms with E-state index >= 15 is 0 Å². The van der Waals surface area contributed by atoms with Crippen LogP contribution in [0.1, 0.15) is 23.6 Å². The highest BCUT2D eigenvalue weighted by Gasteiger charge is 2.37. The molecule has 0 spiro atoms. The van der Waals surface area contributed by atoms with Gasteiger partial charge in [0.05, 0.1) is 17.3 Å². The van der Waals surface area contributed by atoms with Gasteiger partial charge in [0.2, 0.25) is 0 Å². The van der Waals surface area contributed by atoms with Crippen LogP contribution < -0.4 is 4.90 Å². The van der Waals surface area contributed by atoms with Gasteiger partial charge in [0, 0.05) is 12.6 Å². The zero-order valence-electron chi connectivity index (χ0n) is 12.5. The lowest BCUT2D eigenvalue weighted by molar-refractivity contribution is -0.138. The molecule has 0 saturated heterocycles. The molecule has 1 unspecified atom stereocenters. The summed E-state index contributed by atoms with van der Waals surface area (Å²) >= 11 is 0. The summed E-state index contributed by atoms with van der Waals surface area (Å²) < 4.78 is 40.0. The SMILES string of the molecule is O=C1C=CN(c2ccccc2O)C(c2ccccc2C(F)(F)F)C1. The van der Waals surface area contributed by atoms with Gasteiger partial charge in [0.15, 0.2) is 5.78 Å². The number of carbonyl (C=O) groups is 1. The number of benzene rings is 2. The zero-order valence-corrected chi connectivity index (χ0v) is 12.5. The van der Waals surface area contributed by atoms with E-state index in [1.165, 1.54) is 41.4 Å². The molecule has 1 heterocycles. The molecule has 24 heavy (non-hydrogen) atoms. The number of aromatic hydroxyl groups is 1. The number of ketones is 1. The molecule has 2 aromatic carbocycles. The average Bonchev–Trinajstić information content (AvgIpc) is 2.55. The van der Waals surface area contributed by atoms with Crippen molar-refractivity contribution in [3.05, 3.63) is 71.9 Å². The molecule has 0 aromatic heterocycles. The second-order valence-electron chi connectivity index (χ2n) is 5.48. The summed E-state index contributed by atoms with van der Waals surface area (Å²) in [5.41, 5.74) is -0.423. The van der Waals surface area contributed by atoms with Gasteiger partial charge in [-0.25, -0.2) is 0 Å². The van der Waals surface area contributed by atoms with Gasteiger partial charge in [-0.2, -0.15) is 13.2 Å². The molecule has 1 aliphatic rings. The number of hydrogen-bond donors (Lipinski definition) is 1. The molecule has 6 heteroatoms. The van der Waals surface area contributed by atoms with E-state index in [2.05, 4.69) is 0 Å². The van der Waals surface area contributed by atoms with Crippen LogP contribution in [-0.4, -0.2) is 10.9 Å². The number of alkyl halides is 3. The highest BCUT2D eigenvalue weighted by atomic mass is 19.4. The molecule has 0 saturated carbocycles. The predicted octanol–water partition coefficient (Wildman–Crippen LogP) is 4.45. The summed E-state index contributed by atoms with van der Waals surface area (Å²) in [5.74, 6) is -0.324. The molecule has 0 fully saturated rings. The summed E-state index contributed by atoms with van der Waals surface area (Å²) in [6.45, 7) is 0. The first-order valence-corrected chi connectivity index (χ1v) is 7.31. The van der Waals surface area contributed by atoms with Crippen molar-refractivity contribution < 1.29 is 23.1 Å². The van der Waals surface area contributed by atoms with Gasteiger partial charge in [0.1, 0.15) is 5.75 Å². The number of rotatable bonds is 2. The van der Waals surface area contributed by atoms with Gasteiger partial charge in [-0.1, -0.05) is 30.3 Å². The number of carbonyl (C=O) groups excluding carboxylic acids is 1. The second kappa shape index (κ2) is 6.03. The Morgan fingerprint density at radius 2 is 1.71 bits per heavy atom.